The molecule has 3 aromatic rings. The highest BCUT2D eigenvalue weighted by atomic mass is 16.6. The lowest BCUT2D eigenvalue weighted by molar-refractivity contribution is -0.384. The number of aromatic hydroxyl groups is 1. The molecule has 0 fully saturated rings. The van der Waals surface area contributed by atoms with E-state index >= 15 is 0 Å². The van der Waals surface area contributed by atoms with Gasteiger partial charge in [-0.1, -0.05) is 0 Å². The summed E-state index contributed by atoms with van der Waals surface area (Å²) in [7, 11) is 0. The van der Waals surface area contributed by atoms with E-state index in [2.05, 4.69) is 15.2 Å². The van der Waals surface area contributed by atoms with E-state index in [1.54, 1.807) is 24.4 Å². The average molecular weight is 294 g/mol. The maximum atomic E-state index is 10.6. The first-order valence-electron chi connectivity index (χ1n) is 6.38. The number of pyridine rings is 1. The molecule has 0 saturated heterocycles. The molecule has 0 atom stereocenters. The van der Waals surface area contributed by atoms with Gasteiger partial charge in [-0.2, -0.15) is 5.11 Å². The first-order chi connectivity index (χ1) is 10.6. The van der Waals surface area contributed by atoms with Crippen molar-refractivity contribution in [2.45, 2.75) is 0 Å². The van der Waals surface area contributed by atoms with Crippen LogP contribution in [0.1, 0.15) is 0 Å². The molecular weight excluding hydrogens is 284 g/mol. The zero-order valence-electron chi connectivity index (χ0n) is 11.2. The number of nitro benzene ring substituents is 1. The average Bonchev–Trinajstić information content (AvgIpc) is 2.55. The van der Waals surface area contributed by atoms with Gasteiger partial charge >= 0.3 is 0 Å². The molecule has 7 heteroatoms. The van der Waals surface area contributed by atoms with Gasteiger partial charge in [-0.15, -0.1) is 5.11 Å². The summed E-state index contributed by atoms with van der Waals surface area (Å²) in [4.78, 5) is 14.3. The molecule has 1 heterocycles. The fraction of sp³-hybridized carbons (Fsp3) is 0. The molecule has 0 aliphatic heterocycles. The summed E-state index contributed by atoms with van der Waals surface area (Å²) in [6.07, 6.45) is 1.60. The van der Waals surface area contributed by atoms with Gasteiger partial charge in [0.1, 0.15) is 17.0 Å². The largest absolute Gasteiger partial charge is 0.507 e. The van der Waals surface area contributed by atoms with Crippen molar-refractivity contribution in [2.24, 2.45) is 10.2 Å². The van der Waals surface area contributed by atoms with Crippen LogP contribution in [0.25, 0.3) is 10.9 Å². The Hall–Kier alpha value is -3.35. The summed E-state index contributed by atoms with van der Waals surface area (Å²) in [6, 6.07) is 12.3. The molecule has 3 rings (SSSR count). The number of aromatic nitrogens is 1. The number of phenolic OH excluding ortho intramolecular Hbond substituents is 1. The van der Waals surface area contributed by atoms with Gasteiger partial charge in [-0.3, -0.25) is 15.1 Å². The van der Waals surface area contributed by atoms with Crippen LogP contribution in [0.15, 0.2) is 65.0 Å². The van der Waals surface area contributed by atoms with Crippen molar-refractivity contribution in [3.05, 3.63) is 64.8 Å². The van der Waals surface area contributed by atoms with Crippen molar-refractivity contribution in [1.82, 2.24) is 4.98 Å². The number of hydrogen-bond donors (Lipinski definition) is 1. The van der Waals surface area contributed by atoms with Crippen LogP contribution >= 0.6 is 0 Å². The number of nitro groups is 1. The van der Waals surface area contributed by atoms with Crippen LogP contribution in [0.3, 0.4) is 0 Å². The minimum Gasteiger partial charge on any atom is -0.507 e. The molecular formula is C15H10N4O3. The maximum absolute atomic E-state index is 10.6. The number of benzene rings is 2. The van der Waals surface area contributed by atoms with Crippen LogP contribution in [0.5, 0.6) is 5.75 Å². The Bertz CT molecular complexity index is 876. The van der Waals surface area contributed by atoms with Gasteiger partial charge in [0.25, 0.3) is 5.69 Å². The second-order valence-corrected chi connectivity index (χ2v) is 4.48. The standard InChI is InChI=1S/C15H10N4O3/c20-14-8-7-13(15-12(14)2-1-9-16-15)18-17-10-3-5-11(6-4-10)19(21)22/h1-9,20H. The summed E-state index contributed by atoms with van der Waals surface area (Å²) in [5.74, 6) is 0.123. The molecule has 0 radical (unpaired) electrons. The minimum absolute atomic E-state index is 0.00398. The second-order valence-electron chi connectivity index (χ2n) is 4.48. The number of rotatable bonds is 3. The predicted molar refractivity (Wildman–Crippen MR) is 80.7 cm³/mol. The zero-order chi connectivity index (χ0) is 15.5. The zero-order valence-corrected chi connectivity index (χ0v) is 11.2. The Kier molecular flexibility index (Phi) is 3.45. The monoisotopic (exact) mass is 294 g/mol. The van der Waals surface area contributed by atoms with Gasteiger partial charge in [0.15, 0.2) is 0 Å². The van der Waals surface area contributed by atoms with E-state index in [0.29, 0.717) is 22.3 Å². The van der Waals surface area contributed by atoms with E-state index in [4.69, 9.17) is 0 Å². The molecule has 22 heavy (non-hydrogen) atoms. The third-order valence-corrected chi connectivity index (χ3v) is 3.06. The summed E-state index contributed by atoms with van der Waals surface area (Å²) in [6.45, 7) is 0. The molecule has 0 spiro atoms. The predicted octanol–water partition coefficient (Wildman–Crippen LogP) is 4.26. The van der Waals surface area contributed by atoms with Gasteiger partial charge in [0.05, 0.1) is 10.6 Å². The van der Waals surface area contributed by atoms with Crippen LogP contribution in [-0.2, 0) is 0 Å². The molecule has 0 unspecified atom stereocenters. The molecule has 7 nitrogen and oxygen atoms in total. The van der Waals surface area contributed by atoms with E-state index in [-0.39, 0.29) is 11.4 Å². The number of hydrogen-bond acceptors (Lipinski definition) is 6. The van der Waals surface area contributed by atoms with Crippen molar-refractivity contribution in [2.75, 3.05) is 0 Å². The molecule has 1 N–H and O–H groups in total. The van der Waals surface area contributed by atoms with Crippen LogP contribution in [0.4, 0.5) is 17.1 Å². The van der Waals surface area contributed by atoms with E-state index < -0.39 is 4.92 Å². The Morgan fingerprint density at radius 3 is 2.55 bits per heavy atom. The summed E-state index contributed by atoms with van der Waals surface area (Å²) in [5.41, 5.74) is 1.53. The van der Waals surface area contributed by atoms with Crippen LogP contribution < -0.4 is 0 Å². The van der Waals surface area contributed by atoms with Crippen LogP contribution in [0, 0.1) is 10.1 Å². The Labute approximate surface area is 124 Å². The molecule has 108 valence electrons. The SMILES string of the molecule is O=[N+]([O-])c1ccc(N=Nc2ccc(O)c3cccnc23)cc1. The summed E-state index contributed by atoms with van der Waals surface area (Å²) in [5, 5.41) is 29.1. The minimum atomic E-state index is -0.474. The second kappa shape index (κ2) is 5.57. The van der Waals surface area contributed by atoms with Gasteiger partial charge in [-0.05, 0) is 36.4 Å². The molecule has 0 amide bonds. The molecule has 0 aliphatic carbocycles. The highest BCUT2D eigenvalue weighted by Crippen LogP contribution is 2.31. The number of nitrogens with zero attached hydrogens (tertiary/aromatic N) is 4. The van der Waals surface area contributed by atoms with Crippen LogP contribution in [-0.4, -0.2) is 15.0 Å². The van der Waals surface area contributed by atoms with Crippen molar-refractivity contribution in [1.29, 1.82) is 0 Å². The number of non-ortho nitro benzene ring substituents is 1. The van der Waals surface area contributed by atoms with E-state index in [1.807, 2.05) is 0 Å². The van der Waals surface area contributed by atoms with Crippen molar-refractivity contribution in [3.63, 3.8) is 0 Å². The third kappa shape index (κ3) is 2.59. The van der Waals surface area contributed by atoms with Crippen molar-refractivity contribution in [3.8, 4) is 5.75 Å². The fourth-order valence-electron chi connectivity index (χ4n) is 1.98. The Morgan fingerprint density at radius 1 is 1.05 bits per heavy atom. The van der Waals surface area contributed by atoms with Gasteiger partial charge in [-0.25, -0.2) is 0 Å². The fourth-order valence-corrected chi connectivity index (χ4v) is 1.98. The third-order valence-electron chi connectivity index (χ3n) is 3.06. The topological polar surface area (TPSA) is 101 Å². The Morgan fingerprint density at radius 2 is 1.82 bits per heavy atom. The molecule has 0 aliphatic rings. The lowest BCUT2D eigenvalue weighted by Gasteiger charge is -2.02. The summed E-state index contributed by atoms with van der Waals surface area (Å²) >= 11 is 0. The molecule has 0 saturated carbocycles. The molecule has 0 bridgehead atoms. The Balaban J connectivity index is 1.96. The number of phenols is 1. The number of fused-ring (bicyclic) bond motifs is 1. The van der Waals surface area contributed by atoms with Gasteiger partial charge in [0, 0.05) is 23.7 Å². The van der Waals surface area contributed by atoms with Crippen molar-refractivity contribution >= 4 is 28.0 Å². The van der Waals surface area contributed by atoms with E-state index in [0.717, 1.165) is 0 Å². The van der Waals surface area contributed by atoms with Crippen molar-refractivity contribution < 1.29 is 10.0 Å². The van der Waals surface area contributed by atoms with Gasteiger partial charge in [0.2, 0.25) is 0 Å². The normalized spacial score (nSPS) is 11.1. The molecule has 2 aromatic carbocycles. The highest BCUT2D eigenvalue weighted by Gasteiger charge is 2.06. The highest BCUT2D eigenvalue weighted by molar-refractivity contribution is 5.93. The maximum Gasteiger partial charge on any atom is 0.269 e. The molecule has 1 aromatic heterocycles. The summed E-state index contributed by atoms with van der Waals surface area (Å²) < 4.78 is 0. The first kappa shape index (κ1) is 13.6. The van der Waals surface area contributed by atoms with Crippen LogP contribution in [0.2, 0.25) is 0 Å². The van der Waals surface area contributed by atoms with E-state index in [1.165, 1.54) is 30.3 Å². The lowest BCUT2D eigenvalue weighted by Crippen LogP contribution is -1.85. The van der Waals surface area contributed by atoms with E-state index in [9.17, 15) is 15.2 Å². The smallest absolute Gasteiger partial charge is 0.269 e. The first-order valence-corrected chi connectivity index (χ1v) is 6.38. The van der Waals surface area contributed by atoms with Gasteiger partial charge < -0.3 is 5.11 Å². The quantitative estimate of drug-likeness (QED) is 0.443. The lowest BCUT2D eigenvalue weighted by atomic mass is 10.2. The number of azo groups is 1.